The lowest BCUT2D eigenvalue weighted by Crippen LogP contribution is -2.28. The average Bonchev–Trinajstić information content (AvgIpc) is 2.97. The van der Waals surface area contributed by atoms with Crippen molar-refractivity contribution in [1.82, 2.24) is 5.32 Å². The predicted molar refractivity (Wildman–Crippen MR) is 81.8 cm³/mol. The van der Waals surface area contributed by atoms with Gasteiger partial charge in [0.15, 0.2) is 0 Å². The first-order valence-corrected chi connectivity index (χ1v) is 7.57. The van der Waals surface area contributed by atoms with E-state index in [1.54, 1.807) is 0 Å². The second-order valence-corrected chi connectivity index (χ2v) is 5.80. The van der Waals surface area contributed by atoms with Crippen molar-refractivity contribution in [3.63, 3.8) is 0 Å². The SMILES string of the molecule is Cc1cccc(CCC(=O)NCC(O)c2cccs2)c1. The zero-order valence-corrected chi connectivity index (χ0v) is 12.3. The summed E-state index contributed by atoms with van der Waals surface area (Å²) in [5, 5.41) is 14.6. The molecule has 0 bridgehead atoms. The number of amides is 1. The van der Waals surface area contributed by atoms with E-state index in [0.717, 1.165) is 11.3 Å². The fourth-order valence-corrected chi connectivity index (χ4v) is 2.72. The predicted octanol–water partition coefficient (Wildman–Crippen LogP) is 2.84. The minimum atomic E-state index is -0.613. The van der Waals surface area contributed by atoms with Crippen LogP contribution in [0.15, 0.2) is 41.8 Å². The van der Waals surface area contributed by atoms with Crippen molar-refractivity contribution in [2.75, 3.05) is 6.54 Å². The minimum absolute atomic E-state index is 0.0258. The van der Waals surface area contributed by atoms with Gasteiger partial charge in [0.05, 0.1) is 0 Å². The van der Waals surface area contributed by atoms with Crippen molar-refractivity contribution in [3.05, 3.63) is 57.8 Å². The Morgan fingerprint density at radius 2 is 2.20 bits per heavy atom. The van der Waals surface area contributed by atoms with Gasteiger partial charge in [-0.3, -0.25) is 4.79 Å². The van der Waals surface area contributed by atoms with Crippen LogP contribution in [0.5, 0.6) is 0 Å². The largest absolute Gasteiger partial charge is 0.386 e. The van der Waals surface area contributed by atoms with Crippen molar-refractivity contribution >= 4 is 17.2 Å². The van der Waals surface area contributed by atoms with E-state index in [1.165, 1.54) is 22.5 Å². The molecule has 2 N–H and O–H groups in total. The molecular weight excluding hydrogens is 270 g/mol. The molecule has 1 heterocycles. The van der Waals surface area contributed by atoms with Gasteiger partial charge in [0, 0.05) is 17.8 Å². The summed E-state index contributed by atoms with van der Waals surface area (Å²) in [4.78, 5) is 12.6. The van der Waals surface area contributed by atoms with Crippen LogP contribution in [-0.4, -0.2) is 17.6 Å². The van der Waals surface area contributed by atoms with Crippen molar-refractivity contribution in [2.24, 2.45) is 0 Å². The van der Waals surface area contributed by atoms with Gasteiger partial charge < -0.3 is 10.4 Å². The molecule has 0 saturated carbocycles. The summed E-state index contributed by atoms with van der Waals surface area (Å²) in [6, 6.07) is 11.9. The van der Waals surface area contributed by atoms with Gasteiger partial charge in [0.2, 0.25) is 5.91 Å². The fourth-order valence-electron chi connectivity index (χ4n) is 2.01. The molecule has 2 rings (SSSR count). The number of hydrogen-bond acceptors (Lipinski definition) is 3. The molecule has 1 aromatic heterocycles. The van der Waals surface area contributed by atoms with E-state index in [4.69, 9.17) is 0 Å². The Kier molecular flexibility index (Phi) is 5.32. The van der Waals surface area contributed by atoms with Crippen LogP contribution in [0.4, 0.5) is 0 Å². The molecule has 4 heteroatoms. The highest BCUT2D eigenvalue weighted by Gasteiger charge is 2.10. The molecule has 2 aromatic rings. The Balaban J connectivity index is 1.73. The fraction of sp³-hybridized carbons (Fsp3) is 0.312. The zero-order chi connectivity index (χ0) is 14.4. The summed E-state index contributed by atoms with van der Waals surface area (Å²) < 4.78 is 0. The summed E-state index contributed by atoms with van der Waals surface area (Å²) in [5.41, 5.74) is 2.37. The number of benzene rings is 1. The molecule has 0 aliphatic heterocycles. The van der Waals surface area contributed by atoms with E-state index in [-0.39, 0.29) is 12.5 Å². The molecule has 0 radical (unpaired) electrons. The van der Waals surface area contributed by atoms with E-state index in [0.29, 0.717) is 6.42 Å². The Morgan fingerprint density at radius 1 is 1.35 bits per heavy atom. The maximum Gasteiger partial charge on any atom is 0.220 e. The van der Waals surface area contributed by atoms with Crippen LogP contribution in [0.25, 0.3) is 0 Å². The van der Waals surface area contributed by atoms with E-state index < -0.39 is 6.10 Å². The Hall–Kier alpha value is -1.65. The molecule has 0 saturated heterocycles. The first kappa shape index (κ1) is 14.8. The summed E-state index contributed by atoms with van der Waals surface area (Å²) in [5.74, 6) is -0.0258. The topological polar surface area (TPSA) is 49.3 Å². The molecule has 1 aromatic carbocycles. The Morgan fingerprint density at radius 3 is 2.90 bits per heavy atom. The van der Waals surface area contributed by atoms with Crippen LogP contribution >= 0.6 is 11.3 Å². The summed E-state index contributed by atoms with van der Waals surface area (Å²) in [6.07, 6.45) is 0.557. The maximum absolute atomic E-state index is 11.8. The molecule has 20 heavy (non-hydrogen) atoms. The normalized spacial score (nSPS) is 12.1. The summed E-state index contributed by atoms with van der Waals surface area (Å²) in [7, 11) is 0. The van der Waals surface area contributed by atoms with E-state index >= 15 is 0 Å². The molecule has 3 nitrogen and oxygen atoms in total. The standard InChI is InChI=1S/C16H19NO2S/c1-12-4-2-5-13(10-12)7-8-16(19)17-11-14(18)15-6-3-9-20-15/h2-6,9-10,14,18H,7-8,11H2,1H3,(H,17,19). The van der Waals surface area contributed by atoms with Crippen molar-refractivity contribution in [1.29, 1.82) is 0 Å². The quantitative estimate of drug-likeness (QED) is 0.859. The lowest BCUT2D eigenvalue weighted by atomic mass is 10.1. The number of rotatable bonds is 6. The molecule has 0 aliphatic rings. The minimum Gasteiger partial charge on any atom is -0.386 e. The zero-order valence-electron chi connectivity index (χ0n) is 11.5. The lowest BCUT2D eigenvalue weighted by Gasteiger charge is -2.10. The summed E-state index contributed by atoms with van der Waals surface area (Å²) in [6.45, 7) is 2.31. The van der Waals surface area contributed by atoms with Crippen molar-refractivity contribution in [3.8, 4) is 0 Å². The van der Waals surface area contributed by atoms with E-state index in [1.807, 2.05) is 42.6 Å². The second-order valence-electron chi connectivity index (χ2n) is 4.82. The molecular formula is C16H19NO2S. The molecule has 106 valence electrons. The number of hydrogen-bond donors (Lipinski definition) is 2. The van der Waals surface area contributed by atoms with Gasteiger partial charge in [0.1, 0.15) is 6.10 Å². The van der Waals surface area contributed by atoms with Gasteiger partial charge in [-0.1, -0.05) is 35.9 Å². The van der Waals surface area contributed by atoms with Crippen LogP contribution in [0.2, 0.25) is 0 Å². The first-order chi connectivity index (χ1) is 9.65. The number of aliphatic hydroxyl groups excluding tert-OH is 1. The third kappa shape index (κ3) is 4.47. The molecule has 1 amide bonds. The van der Waals surface area contributed by atoms with Gasteiger partial charge >= 0.3 is 0 Å². The van der Waals surface area contributed by atoms with E-state index in [2.05, 4.69) is 11.4 Å². The number of thiophene rings is 1. The molecule has 0 fully saturated rings. The van der Waals surface area contributed by atoms with Gasteiger partial charge in [-0.05, 0) is 30.4 Å². The number of carbonyl (C=O) groups excluding carboxylic acids is 1. The van der Waals surface area contributed by atoms with Gasteiger partial charge in [-0.25, -0.2) is 0 Å². The van der Waals surface area contributed by atoms with Gasteiger partial charge in [0.25, 0.3) is 0 Å². The third-order valence-electron chi connectivity index (χ3n) is 3.09. The monoisotopic (exact) mass is 289 g/mol. The molecule has 0 spiro atoms. The molecule has 0 aliphatic carbocycles. The smallest absolute Gasteiger partial charge is 0.220 e. The van der Waals surface area contributed by atoms with Crippen LogP contribution in [0.1, 0.15) is 28.5 Å². The Bertz CT molecular complexity index is 551. The van der Waals surface area contributed by atoms with E-state index in [9.17, 15) is 9.90 Å². The molecule has 1 unspecified atom stereocenters. The maximum atomic E-state index is 11.8. The molecule has 1 atom stereocenters. The summed E-state index contributed by atoms with van der Waals surface area (Å²) >= 11 is 1.49. The first-order valence-electron chi connectivity index (χ1n) is 6.69. The van der Waals surface area contributed by atoms with Crippen LogP contribution < -0.4 is 5.32 Å². The average molecular weight is 289 g/mol. The highest BCUT2D eigenvalue weighted by atomic mass is 32.1. The van der Waals surface area contributed by atoms with Crippen molar-refractivity contribution < 1.29 is 9.90 Å². The Labute approximate surface area is 123 Å². The second kappa shape index (κ2) is 7.22. The number of nitrogens with one attached hydrogen (secondary N) is 1. The number of carbonyl (C=O) groups is 1. The number of aliphatic hydroxyl groups is 1. The van der Waals surface area contributed by atoms with Gasteiger partial charge in [-0.2, -0.15) is 0 Å². The van der Waals surface area contributed by atoms with Gasteiger partial charge in [-0.15, -0.1) is 11.3 Å². The van der Waals surface area contributed by atoms with Crippen LogP contribution in [0, 0.1) is 6.92 Å². The van der Waals surface area contributed by atoms with Crippen molar-refractivity contribution in [2.45, 2.75) is 25.9 Å². The number of aryl methyl sites for hydroxylation is 2. The lowest BCUT2D eigenvalue weighted by molar-refractivity contribution is -0.121. The highest BCUT2D eigenvalue weighted by Crippen LogP contribution is 2.17. The highest BCUT2D eigenvalue weighted by molar-refractivity contribution is 7.10. The van der Waals surface area contributed by atoms with Crippen LogP contribution in [0.3, 0.4) is 0 Å². The van der Waals surface area contributed by atoms with Crippen LogP contribution in [-0.2, 0) is 11.2 Å². The third-order valence-corrected chi connectivity index (χ3v) is 4.06.